The third-order valence-corrected chi connectivity index (χ3v) is 6.32. The van der Waals surface area contributed by atoms with Crippen molar-refractivity contribution in [3.05, 3.63) is 68.6 Å². The Balaban J connectivity index is 1.31. The summed E-state index contributed by atoms with van der Waals surface area (Å²) in [5.41, 5.74) is 2.02. The molecule has 2 aromatic heterocycles. The Morgan fingerprint density at radius 3 is 2.64 bits per heavy atom. The number of nitrogens with zero attached hydrogens (tertiary/aromatic N) is 2. The molecule has 2 heterocycles. The maximum absolute atomic E-state index is 11.3. The molecule has 0 aliphatic carbocycles. The Bertz CT molecular complexity index is 1100. The van der Waals surface area contributed by atoms with Crippen molar-refractivity contribution in [2.45, 2.75) is 6.42 Å². The molecule has 0 fully saturated rings. The molecule has 0 aliphatic rings. The summed E-state index contributed by atoms with van der Waals surface area (Å²) < 4.78 is 7.02. The molecule has 0 unspecified atom stereocenters. The van der Waals surface area contributed by atoms with Gasteiger partial charge < -0.3 is 14.7 Å². The van der Waals surface area contributed by atoms with E-state index in [0.29, 0.717) is 17.9 Å². The van der Waals surface area contributed by atoms with Crippen molar-refractivity contribution in [3.63, 3.8) is 0 Å². The Morgan fingerprint density at radius 1 is 1.14 bits per heavy atom. The monoisotopic (exact) mass is 413 g/mol. The number of hydrogen-bond acceptors (Lipinski definition) is 7. The van der Waals surface area contributed by atoms with Crippen LogP contribution in [0.15, 0.2) is 53.3 Å². The van der Waals surface area contributed by atoms with Crippen molar-refractivity contribution in [1.82, 2.24) is 9.97 Å². The van der Waals surface area contributed by atoms with Crippen molar-refractivity contribution < 1.29 is 9.84 Å². The Morgan fingerprint density at radius 2 is 1.93 bits per heavy atom. The standard InChI is InChI=1S/C20H19N3O3S2/c1-23(19-21-15-4-2-3-5-16(15)27-19)10-11-26-14-8-6-13(7-9-14)12-17-18(24)22-20(25)28-17/h2-9,24H,10-12H2,1H3,(H,22,25). The molecule has 8 heteroatoms. The Hall–Kier alpha value is -2.84. The summed E-state index contributed by atoms with van der Waals surface area (Å²) >= 11 is 2.70. The molecule has 28 heavy (non-hydrogen) atoms. The number of likely N-dealkylation sites (N-methyl/N-ethyl adjacent to an activating group) is 1. The second-order valence-electron chi connectivity index (χ2n) is 6.34. The number of para-hydroxylation sites is 1. The van der Waals surface area contributed by atoms with Gasteiger partial charge in [0.15, 0.2) is 5.13 Å². The zero-order valence-electron chi connectivity index (χ0n) is 15.2. The fourth-order valence-electron chi connectivity index (χ4n) is 2.78. The molecule has 144 valence electrons. The van der Waals surface area contributed by atoms with Gasteiger partial charge in [0.05, 0.1) is 21.6 Å². The highest BCUT2D eigenvalue weighted by atomic mass is 32.1. The average molecular weight is 414 g/mol. The van der Waals surface area contributed by atoms with Crippen LogP contribution >= 0.6 is 22.7 Å². The van der Waals surface area contributed by atoms with E-state index in [-0.39, 0.29) is 10.8 Å². The van der Waals surface area contributed by atoms with E-state index in [1.807, 2.05) is 49.5 Å². The van der Waals surface area contributed by atoms with Crippen LogP contribution in [0.2, 0.25) is 0 Å². The van der Waals surface area contributed by atoms with Crippen LogP contribution in [-0.4, -0.2) is 35.3 Å². The summed E-state index contributed by atoms with van der Waals surface area (Å²) in [6.45, 7) is 1.28. The number of ether oxygens (including phenoxy) is 1. The van der Waals surface area contributed by atoms with Crippen LogP contribution in [-0.2, 0) is 6.42 Å². The number of fused-ring (bicyclic) bond motifs is 1. The molecule has 0 saturated carbocycles. The lowest BCUT2D eigenvalue weighted by Crippen LogP contribution is -2.23. The molecule has 0 aliphatic heterocycles. The van der Waals surface area contributed by atoms with Crippen molar-refractivity contribution >= 4 is 38.0 Å². The number of aromatic amines is 1. The zero-order chi connectivity index (χ0) is 19.5. The van der Waals surface area contributed by atoms with Crippen molar-refractivity contribution in [2.24, 2.45) is 0 Å². The van der Waals surface area contributed by atoms with E-state index in [9.17, 15) is 9.90 Å². The van der Waals surface area contributed by atoms with Gasteiger partial charge in [-0.1, -0.05) is 46.9 Å². The number of rotatable bonds is 7. The molecule has 0 atom stereocenters. The maximum atomic E-state index is 11.3. The van der Waals surface area contributed by atoms with Gasteiger partial charge in [0, 0.05) is 13.5 Å². The normalized spacial score (nSPS) is 11.0. The Labute approximate surface area is 169 Å². The summed E-state index contributed by atoms with van der Waals surface area (Å²) in [6, 6.07) is 15.8. The van der Waals surface area contributed by atoms with Gasteiger partial charge in [0.1, 0.15) is 12.4 Å². The second-order valence-corrected chi connectivity index (χ2v) is 8.42. The fourth-order valence-corrected chi connectivity index (χ4v) is 4.49. The molecule has 0 radical (unpaired) electrons. The van der Waals surface area contributed by atoms with E-state index in [1.54, 1.807) is 11.3 Å². The molecule has 4 aromatic rings. The van der Waals surface area contributed by atoms with Crippen molar-refractivity contribution in [3.8, 4) is 11.6 Å². The van der Waals surface area contributed by atoms with Gasteiger partial charge in [-0.2, -0.15) is 0 Å². The molecular formula is C20H19N3O3S2. The number of benzene rings is 2. The van der Waals surface area contributed by atoms with Gasteiger partial charge in [0.25, 0.3) is 0 Å². The summed E-state index contributed by atoms with van der Waals surface area (Å²) in [5, 5.41) is 10.7. The molecule has 0 amide bonds. The van der Waals surface area contributed by atoms with Gasteiger partial charge in [-0.05, 0) is 29.8 Å². The first kappa shape index (κ1) is 18.5. The van der Waals surface area contributed by atoms with Crippen molar-refractivity contribution in [1.29, 1.82) is 0 Å². The van der Waals surface area contributed by atoms with E-state index < -0.39 is 0 Å². The van der Waals surface area contributed by atoms with E-state index in [0.717, 1.165) is 39.8 Å². The maximum Gasteiger partial charge on any atom is 0.307 e. The third kappa shape index (κ3) is 4.18. The number of aromatic nitrogens is 2. The van der Waals surface area contributed by atoms with Crippen LogP contribution in [0.5, 0.6) is 11.6 Å². The van der Waals surface area contributed by atoms with E-state index in [2.05, 4.69) is 20.9 Å². The van der Waals surface area contributed by atoms with E-state index in [1.165, 1.54) is 4.70 Å². The topological polar surface area (TPSA) is 78.5 Å². The molecule has 2 N–H and O–H groups in total. The van der Waals surface area contributed by atoms with Gasteiger partial charge >= 0.3 is 4.87 Å². The highest BCUT2D eigenvalue weighted by Gasteiger charge is 2.09. The molecule has 2 aromatic carbocycles. The smallest absolute Gasteiger partial charge is 0.307 e. The van der Waals surface area contributed by atoms with Gasteiger partial charge in [-0.15, -0.1) is 0 Å². The van der Waals surface area contributed by atoms with Crippen LogP contribution in [0.3, 0.4) is 0 Å². The minimum Gasteiger partial charge on any atom is -0.494 e. The van der Waals surface area contributed by atoms with E-state index >= 15 is 0 Å². The molecule has 0 spiro atoms. The zero-order valence-corrected chi connectivity index (χ0v) is 16.8. The van der Waals surface area contributed by atoms with E-state index in [4.69, 9.17) is 4.74 Å². The third-order valence-electron chi connectivity index (χ3n) is 4.29. The van der Waals surface area contributed by atoms with Crippen LogP contribution in [0.1, 0.15) is 10.4 Å². The first-order valence-electron chi connectivity index (χ1n) is 8.78. The average Bonchev–Trinajstić information content (AvgIpc) is 3.26. The predicted octanol–water partition coefficient (Wildman–Crippen LogP) is 3.86. The minimum absolute atomic E-state index is 0.0480. The summed E-state index contributed by atoms with van der Waals surface area (Å²) in [6.07, 6.45) is 0.510. The fraction of sp³-hybridized carbons (Fsp3) is 0.200. The number of thiazole rings is 2. The summed E-state index contributed by atoms with van der Waals surface area (Å²) in [5.74, 6) is 0.737. The minimum atomic E-state index is -0.246. The van der Waals surface area contributed by atoms with Gasteiger partial charge in [0.2, 0.25) is 5.88 Å². The number of hydrogen-bond donors (Lipinski definition) is 2. The second kappa shape index (κ2) is 8.04. The van der Waals surface area contributed by atoms with Crippen molar-refractivity contribution in [2.75, 3.05) is 25.1 Å². The van der Waals surface area contributed by atoms with Gasteiger partial charge in [-0.3, -0.25) is 9.78 Å². The number of aromatic hydroxyl groups is 1. The molecule has 4 rings (SSSR count). The number of H-pyrrole nitrogens is 1. The Kier molecular flexibility index (Phi) is 5.31. The van der Waals surface area contributed by atoms with Crippen LogP contribution in [0.25, 0.3) is 10.2 Å². The highest BCUT2D eigenvalue weighted by molar-refractivity contribution is 7.22. The lowest BCUT2D eigenvalue weighted by Gasteiger charge is -2.16. The summed E-state index contributed by atoms with van der Waals surface area (Å²) in [4.78, 5) is 20.8. The number of anilines is 1. The lowest BCUT2D eigenvalue weighted by molar-refractivity contribution is 0.326. The van der Waals surface area contributed by atoms with Crippen LogP contribution < -0.4 is 14.5 Å². The number of nitrogens with one attached hydrogen (secondary N) is 1. The van der Waals surface area contributed by atoms with Crippen LogP contribution in [0.4, 0.5) is 5.13 Å². The first-order chi connectivity index (χ1) is 13.6. The molecule has 0 bridgehead atoms. The molecule has 6 nitrogen and oxygen atoms in total. The first-order valence-corrected chi connectivity index (χ1v) is 10.4. The van der Waals surface area contributed by atoms with Crippen LogP contribution in [0, 0.1) is 0 Å². The quantitative estimate of drug-likeness (QED) is 0.481. The molecule has 0 saturated heterocycles. The van der Waals surface area contributed by atoms with Gasteiger partial charge in [-0.25, -0.2) is 4.98 Å². The highest BCUT2D eigenvalue weighted by Crippen LogP contribution is 2.27. The predicted molar refractivity (Wildman–Crippen MR) is 114 cm³/mol. The molecular weight excluding hydrogens is 394 g/mol. The lowest BCUT2D eigenvalue weighted by atomic mass is 10.1. The largest absolute Gasteiger partial charge is 0.494 e. The SMILES string of the molecule is CN(CCOc1ccc(Cc2sc(=O)[nH]c2O)cc1)c1nc2ccccc2s1. The summed E-state index contributed by atoms with van der Waals surface area (Å²) in [7, 11) is 2.01.